The molecule has 0 radical (unpaired) electrons. The number of methoxy groups -OCH3 is 2. The highest BCUT2D eigenvalue weighted by Crippen LogP contribution is 2.39. The van der Waals surface area contributed by atoms with Gasteiger partial charge in [-0.05, 0) is 53.2 Å². The van der Waals surface area contributed by atoms with Crippen LogP contribution in [0.2, 0.25) is 5.02 Å². The number of hydrogen-bond donors (Lipinski definition) is 0. The average Bonchev–Trinajstić information content (AvgIpc) is 3.47. The molecule has 0 aliphatic carbocycles. The van der Waals surface area contributed by atoms with Gasteiger partial charge >= 0.3 is 5.97 Å². The molecule has 0 bridgehead atoms. The van der Waals surface area contributed by atoms with E-state index in [2.05, 4.69) is 4.74 Å². The number of non-ortho nitro benzene ring substituents is 1. The maximum absolute atomic E-state index is 12.9. The summed E-state index contributed by atoms with van der Waals surface area (Å²) in [6.45, 7) is -0.159. The van der Waals surface area contributed by atoms with E-state index in [1.54, 1.807) is 18.2 Å². The number of thioether (sulfide) groups is 1. The van der Waals surface area contributed by atoms with E-state index in [0.717, 1.165) is 16.7 Å². The molecule has 1 aliphatic rings. The van der Waals surface area contributed by atoms with Gasteiger partial charge in [0.15, 0.2) is 11.5 Å². The van der Waals surface area contributed by atoms with Gasteiger partial charge in [-0.2, -0.15) is 0 Å². The van der Waals surface area contributed by atoms with Gasteiger partial charge in [0.2, 0.25) is 5.76 Å². The largest absolute Gasteiger partial charge is 0.493 e. The Morgan fingerprint density at radius 3 is 2.68 bits per heavy atom. The number of esters is 1. The SMILES string of the molecule is COC(=O)c1ccc(CN2C(=O)S/C(=C/c3cc(Cl)c(OCc4cccc([N+](=O)[O-])c4)c(OC)c3)C2=O)o1. The Kier molecular flexibility index (Phi) is 8.03. The summed E-state index contributed by atoms with van der Waals surface area (Å²) in [6.07, 6.45) is 1.49. The van der Waals surface area contributed by atoms with Crippen molar-refractivity contribution in [2.45, 2.75) is 13.2 Å². The van der Waals surface area contributed by atoms with Crippen LogP contribution in [0.4, 0.5) is 10.5 Å². The third-order valence-electron chi connectivity index (χ3n) is 5.29. The summed E-state index contributed by atoms with van der Waals surface area (Å²) in [5, 5.41) is 10.7. The Bertz CT molecular complexity index is 1470. The molecular weight excluding hydrogens is 540 g/mol. The van der Waals surface area contributed by atoms with Crippen LogP contribution in [-0.2, 0) is 22.7 Å². The molecule has 0 spiro atoms. The molecular formula is C25H19ClN2O9S. The van der Waals surface area contributed by atoms with E-state index < -0.39 is 22.0 Å². The first-order valence-corrected chi connectivity index (χ1v) is 12.1. The molecule has 0 N–H and O–H groups in total. The number of ether oxygens (including phenoxy) is 3. The zero-order valence-electron chi connectivity index (χ0n) is 20.0. The van der Waals surface area contributed by atoms with Crippen molar-refractivity contribution in [3.8, 4) is 11.5 Å². The smallest absolute Gasteiger partial charge is 0.373 e. The van der Waals surface area contributed by atoms with Gasteiger partial charge in [0.05, 0.1) is 35.6 Å². The number of furan rings is 1. The third kappa shape index (κ3) is 5.82. The highest BCUT2D eigenvalue weighted by Gasteiger charge is 2.36. The Hall–Kier alpha value is -4.29. The van der Waals surface area contributed by atoms with Crippen LogP contribution in [0.5, 0.6) is 11.5 Å². The molecule has 0 unspecified atom stereocenters. The monoisotopic (exact) mass is 558 g/mol. The predicted octanol–water partition coefficient (Wildman–Crippen LogP) is 5.45. The molecule has 13 heteroatoms. The van der Waals surface area contributed by atoms with E-state index in [9.17, 15) is 24.5 Å². The Morgan fingerprint density at radius 1 is 1.18 bits per heavy atom. The fraction of sp³-hybridized carbons (Fsp3) is 0.160. The average molecular weight is 559 g/mol. The molecule has 196 valence electrons. The molecule has 3 aromatic rings. The number of benzene rings is 2. The lowest BCUT2D eigenvalue weighted by atomic mass is 10.1. The van der Waals surface area contributed by atoms with Crippen molar-refractivity contribution in [2.75, 3.05) is 14.2 Å². The lowest BCUT2D eigenvalue weighted by molar-refractivity contribution is -0.384. The number of rotatable bonds is 9. The summed E-state index contributed by atoms with van der Waals surface area (Å²) < 4.78 is 21.1. The van der Waals surface area contributed by atoms with Gasteiger partial charge in [-0.1, -0.05) is 23.7 Å². The van der Waals surface area contributed by atoms with Crippen LogP contribution in [0.15, 0.2) is 57.9 Å². The van der Waals surface area contributed by atoms with E-state index in [1.807, 2.05) is 0 Å². The normalized spacial score (nSPS) is 14.2. The van der Waals surface area contributed by atoms with Crippen molar-refractivity contribution < 1.29 is 37.9 Å². The van der Waals surface area contributed by atoms with Crippen molar-refractivity contribution in [2.24, 2.45) is 0 Å². The zero-order chi connectivity index (χ0) is 27.4. The second kappa shape index (κ2) is 11.4. The van der Waals surface area contributed by atoms with Crippen molar-refractivity contribution in [1.82, 2.24) is 4.90 Å². The highest BCUT2D eigenvalue weighted by molar-refractivity contribution is 8.18. The molecule has 0 atom stereocenters. The molecule has 1 saturated heterocycles. The van der Waals surface area contributed by atoms with Crippen LogP contribution in [-0.4, -0.2) is 41.2 Å². The van der Waals surface area contributed by atoms with Crippen LogP contribution in [0.1, 0.15) is 27.4 Å². The number of carbonyl (C=O) groups is 3. The Balaban J connectivity index is 1.50. The molecule has 1 aliphatic heterocycles. The topological polar surface area (TPSA) is 138 Å². The number of carbonyl (C=O) groups excluding carboxylic acids is 3. The Labute approximate surface area is 225 Å². The fourth-order valence-electron chi connectivity index (χ4n) is 3.50. The van der Waals surface area contributed by atoms with E-state index in [0.29, 0.717) is 11.1 Å². The second-order valence-corrected chi connectivity index (χ2v) is 9.18. The van der Waals surface area contributed by atoms with E-state index >= 15 is 0 Å². The fourth-order valence-corrected chi connectivity index (χ4v) is 4.61. The first-order valence-electron chi connectivity index (χ1n) is 10.9. The first-order chi connectivity index (χ1) is 18.2. The molecule has 1 fully saturated rings. The minimum atomic E-state index is -0.673. The first kappa shape index (κ1) is 26.8. The van der Waals surface area contributed by atoms with Crippen molar-refractivity contribution in [3.63, 3.8) is 0 Å². The number of halogens is 1. The van der Waals surface area contributed by atoms with Crippen LogP contribution >= 0.6 is 23.4 Å². The van der Waals surface area contributed by atoms with Crippen LogP contribution in [0.25, 0.3) is 6.08 Å². The Morgan fingerprint density at radius 2 is 1.97 bits per heavy atom. The quantitative estimate of drug-likeness (QED) is 0.144. The number of nitrogens with zero attached hydrogens (tertiary/aromatic N) is 2. The van der Waals surface area contributed by atoms with Gasteiger partial charge in [0.25, 0.3) is 16.8 Å². The van der Waals surface area contributed by atoms with Gasteiger partial charge in [-0.25, -0.2) is 4.79 Å². The molecule has 0 saturated carbocycles. The number of hydrogen-bond acceptors (Lipinski definition) is 10. The zero-order valence-corrected chi connectivity index (χ0v) is 21.5. The number of imide groups is 1. The van der Waals surface area contributed by atoms with Gasteiger partial charge in [-0.15, -0.1) is 0 Å². The number of nitro benzene ring substituents is 1. The van der Waals surface area contributed by atoms with Crippen LogP contribution in [0, 0.1) is 10.1 Å². The van der Waals surface area contributed by atoms with Crippen molar-refractivity contribution in [3.05, 3.63) is 91.2 Å². The van der Waals surface area contributed by atoms with Crippen molar-refractivity contribution in [1.29, 1.82) is 0 Å². The van der Waals surface area contributed by atoms with Crippen molar-refractivity contribution >= 4 is 52.2 Å². The third-order valence-corrected chi connectivity index (χ3v) is 6.48. The summed E-state index contributed by atoms with van der Waals surface area (Å²) in [6, 6.07) is 12.0. The maximum Gasteiger partial charge on any atom is 0.373 e. The minimum Gasteiger partial charge on any atom is -0.493 e. The summed E-state index contributed by atoms with van der Waals surface area (Å²) in [5.41, 5.74) is 0.973. The molecule has 2 amide bonds. The summed E-state index contributed by atoms with van der Waals surface area (Å²) >= 11 is 7.17. The molecule has 1 aromatic heterocycles. The van der Waals surface area contributed by atoms with Gasteiger partial charge in [-0.3, -0.25) is 24.6 Å². The lowest BCUT2D eigenvalue weighted by Gasteiger charge is -2.13. The molecule has 4 rings (SSSR count). The van der Waals surface area contributed by atoms with Crippen LogP contribution in [0.3, 0.4) is 0 Å². The molecule has 38 heavy (non-hydrogen) atoms. The van der Waals surface area contributed by atoms with E-state index in [-0.39, 0.29) is 51.8 Å². The summed E-state index contributed by atoms with van der Waals surface area (Å²) in [5.74, 6) is -0.543. The number of nitro groups is 1. The van der Waals surface area contributed by atoms with E-state index in [4.69, 9.17) is 25.5 Å². The standard InChI is InChI=1S/C25H19ClN2O9S/c1-34-20-10-15(9-18(26)22(20)36-13-14-4-3-5-16(8-14)28(32)33)11-21-23(29)27(25(31)38-21)12-17-6-7-19(37-17)24(30)35-2/h3-11H,12-13H2,1-2H3/b21-11+. The van der Waals surface area contributed by atoms with Gasteiger partial charge < -0.3 is 18.6 Å². The maximum atomic E-state index is 12.9. The van der Waals surface area contributed by atoms with Crippen LogP contribution < -0.4 is 9.47 Å². The molecule has 2 heterocycles. The minimum absolute atomic E-state index is 0.000463. The lowest BCUT2D eigenvalue weighted by Crippen LogP contribution is -2.27. The second-order valence-electron chi connectivity index (χ2n) is 7.78. The van der Waals surface area contributed by atoms with Gasteiger partial charge in [0.1, 0.15) is 12.4 Å². The molecule has 2 aromatic carbocycles. The number of amides is 2. The van der Waals surface area contributed by atoms with Gasteiger partial charge in [0, 0.05) is 12.1 Å². The summed E-state index contributed by atoms with van der Waals surface area (Å²) in [7, 11) is 2.62. The predicted molar refractivity (Wildman–Crippen MR) is 137 cm³/mol. The highest BCUT2D eigenvalue weighted by atomic mass is 35.5. The summed E-state index contributed by atoms with van der Waals surface area (Å²) in [4.78, 5) is 48.6. The molecule has 11 nitrogen and oxygen atoms in total. The van der Waals surface area contributed by atoms with E-state index in [1.165, 1.54) is 50.6 Å².